The summed E-state index contributed by atoms with van der Waals surface area (Å²) in [6.07, 6.45) is 20.4. The molecule has 0 aromatic heterocycles. The number of rotatable bonds is 34. The van der Waals surface area contributed by atoms with Gasteiger partial charge in [0.2, 0.25) is 0 Å². The number of carboxylic acid groups (broad SMARTS) is 1. The Kier molecular flexibility index (Phi) is 28.3. The van der Waals surface area contributed by atoms with E-state index in [9.17, 15) is 28.6 Å². The largest absolute Gasteiger partial charge is 0.478 e. The number of phosphoric acid groups is 1. The zero-order valence-electron chi connectivity index (χ0n) is 30.9. The van der Waals surface area contributed by atoms with Gasteiger partial charge in [-0.3, -0.25) is 23.4 Å². The van der Waals surface area contributed by atoms with E-state index in [0.29, 0.717) is 30.3 Å². The van der Waals surface area contributed by atoms with Gasteiger partial charge in [-0.25, -0.2) is 9.36 Å². The molecular weight excluding hydrogens is 653 g/mol. The number of hydrogen-bond acceptors (Lipinski definition) is 9. The molecule has 0 aromatic carbocycles. The smallest absolute Gasteiger partial charge is 0.472 e. The molecule has 0 aromatic rings. The molecular formula is C36H67NO11P+. The fourth-order valence-electron chi connectivity index (χ4n) is 4.90. The highest BCUT2D eigenvalue weighted by molar-refractivity contribution is 7.47. The zero-order valence-corrected chi connectivity index (χ0v) is 31.8. The maximum atomic E-state index is 12.5. The van der Waals surface area contributed by atoms with Gasteiger partial charge in [0.1, 0.15) is 19.8 Å². The Hall–Kier alpha value is -2.11. The number of unbranched alkanes of at least 4 members (excludes halogenated alkanes) is 16. The fourth-order valence-corrected chi connectivity index (χ4v) is 5.64. The highest BCUT2D eigenvalue weighted by Crippen LogP contribution is 2.43. The Morgan fingerprint density at radius 3 is 1.61 bits per heavy atom. The third-order valence-electron chi connectivity index (χ3n) is 7.87. The van der Waals surface area contributed by atoms with E-state index >= 15 is 0 Å². The van der Waals surface area contributed by atoms with Gasteiger partial charge in [-0.15, -0.1) is 0 Å². The van der Waals surface area contributed by atoms with Crippen molar-refractivity contribution in [2.24, 2.45) is 0 Å². The van der Waals surface area contributed by atoms with Gasteiger partial charge < -0.3 is 24.0 Å². The average molecular weight is 721 g/mol. The molecule has 13 heteroatoms. The Labute approximate surface area is 295 Å². The van der Waals surface area contributed by atoms with E-state index in [1.54, 1.807) is 0 Å². The summed E-state index contributed by atoms with van der Waals surface area (Å²) in [6.45, 7) is 1.93. The van der Waals surface area contributed by atoms with E-state index in [0.717, 1.165) is 50.7 Å². The van der Waals surface area contributed by atoms with Crippen molar-refractivity contribution in [2.75, 3.05) is 47.5 Å². The molecule has 0 bridgehead atoms. The molecule has 0 saturated carbocycles. The van der Waals surface area contributed by atoms with Crippen molar-refractivity contribution in [3.05, 3.63) is 12.2 Å². The molecule has 0 rings (SSSR count). The normalized spacial score (nSPS) is 13.7. The summed E-state index contributed by atoms with van der Waals surface area (Å²) in [5.74, 6) is -2.37. The number of likely N-dealkylation sites (N-methyl/N-ethyl adjacent to an activating group) is 1. The molecule has 2 atom stereocenters. The van der Waals surface area contributed by atoms with Crippen LogP contribution in [-0.2, 0) is 42.3 Å². The van der Waals surface area contributed by atoms with Gasteiger partial charge in [-0.05, 0) is 25.3 Å². The minimum absolute atomic E-state index is 0.0109. The molecule has 0 radical (unpaired) electrons. The standard InChI is InChI=1S/C36H66NO11P/c1-5-6-7-8-9-10-11-12-13-14-15-18-21-24-35(41)45-30-33(31-47-49(43,44)46-29-28-37(2,3)4)48-36(42)25-22-19-16-17-20-23-32(38)26-27-34(39)40/h26-27,33H,5-25,28-31H2,1-4H3,(H-,39,40,43,44)/p+1. The summed E-state index contributed by atoms with van der Waals surface area (Å²) in [5.41, 5.74) is 0. The van der Waals surface area contributed by atoms with Gasteiger partial charge in [0.25, 0.3) is 0 Å². The van der Waals surface area contributed by atoms with E-state index in [4.69, 9.17) is 23.6 Å². The Balaban J connectivity index is 4.49. The molecule has 286 valence electrons. The third-order valence-corrected chi connectivity index (χ3v) is 8.85. The lowest BCUT2D eigenvalue weighted by atomic mass is 10.0. The van der Waals surface area contributed by atoms with Crippen molar-refractivity contribution in [1.82, 2.24) is 0 Å². The highest BCUT2D eigenvalue weighted by Gasteiger charge is 2.27. The summed E-state index contributed by atoms with van der Waals surface area (Å²) in [4.78, 5) is 57.1. The molecule has 0 fully saturated rings. The number of allylic oxidation sites excluding steroid dienone is 1. The van der Waals surface area contributed by atoms with Crippen LogP contribution in [0.1, 0.15) is 142 Å². The lowest BCUT2D eigenvalue weighted by molar-refractivity contribution is -0.870. The molecule has 2 N–H and O–H groups in total. The molecule has 0 aliphatic rings. The average Bonchev–Trinajstić information content (AvgIpc) is 3.02. The third kappa shape index (κ3) is 34.1. The number of hydrogen-bond donors (Lipinski definition) is 2. The minimum Gasteiger partial charge on any atom is -0.478 e. The number of carbonyl (C=O) groups excluding carboxylic acids is 3. The monoisotopic (exact) mass is 720 g/mol. The van der Waals surface area contributed by atoms with Crippen molar-refractivity contribution in [2.45, 2.75) is 148 Å². The number of phosphoric ester groups is 1. The lowest BCUT2D eigenvalue weighted by Gasteiger charge is -2.24. The number of esters is 2. The minimum atomic E-state index is -4.42. The van der Waals surface area contributed by atoms with Crippen LogP contribution in [0.15, 0.2) is 12.2 Å². The predicted molar refractivity (Wildman–Crippen MR) is 190 cm³/mol. The van der Waals surface area contributed by atoms with Crippen molar-refractivity contribution in [1.29, 1.82) is 0 Å². The number of aliphatic carboxylic acids is 1. The van der Waals surface area contributed by atoms with E-state index in [1.165, 1.54) is 57.8 Å². The van der Waals surface area contributed by atoms with E-state index < -0.39 is 38.4 Å². The molecule has 0 aliphatic heterocycles. The number of carbonyl (C=O) groups is 4. The van der Waals surface area contributed by atoms with Crippen molar-refractivity contribution in [3.63, 3.8) is 0 Å². The van der Waals surface area contributed by atoms with E-state index in [-0.39, 0.29) is 38.3 Å². The summed E-state index contributed by atoms with van der Waals surface area (Å²) < 4.78 is 33.8. The fraction of sp³-hybridized carbons (Fsp3) is 0.833. The maximum Gasteiger partial charge on any atom is 0.472 e. The quantitative estimate of drug-likeness (QED) is 0.0220. The van der Waals surface area contributed by atoms with Gasteiger partial charge in [-0.2, -0.15) is 0 Å². The number of ether oxygens (including phenoxy) is 2. The summed E-state index contributed by atoms with van der Waals surface area (Å²) in [7, 11) is 1.32. The van der Waals surface area contributed by atoms with Crippen LogP contribution in [-0.4, -0.2) is 91.8 Å². The summed E-state index contributed by atoms with van der Waals surface area (Å²) in [6, 6.07) is 0. The molecule has 0 spiro atoms. The second kappa shape index (κ2) is 29.6. The van der Waals surface area contributed by atoms with Crippen LogP contribution in [0.2, 0.25) is 0 Å². The molecule has 2 unspecified atom stereocenters. The first-order valence-electron chi connectivity index (χ1n) is 18.5. The van der Waals surface area contributed by atoms with Crippen LogP contribution in [0, 0.1) is 0 Å². The van der Waals surface area contributed by atoms with Crippen LogP contribution >= 0.6 is 7.82 Å². The van der Waals surface area contributed by atoms with Crippen LogP contribution < -0.4 is 0 Å². The maximum absolute atomic E-state index is 12.5. The Bertz CT molecular complexity index is 981. The zero-order chi connectivity index (χ0) is 36.8. The van der Waals surface area contributed by atoms with Gasteiger partial charge in [0, 0.05) is 25.3 Å². The highest BCUT2D eigenvalue weighted by atomic mass is 31.2. The molecule has 0 aliphatic carbocycles. The first-order chi connectivity index (χ1) is 23.2. The SMILES string of the molecule is CCCCCCCCCCCCCCCC(=O)OCC(COP(=O)(O)OCC[N+](C)(C)C)OC(=O)CCCCCCCC(=O)C=CC(=O)O. The van der Waals surface area contributed by atoms with Crippen LogP contribution in [0.4, 0.5) is 0 Å². The molecule has 0 saturated heterocycles. The Morgan fingerprint density at radius 1 is 0.653 bits per heavy atom. The molecule has 12 nitrogen and oxygen atoms in total. The lowest BCUT2D eigenvalue weighted by Crippen LogP contribution is -2.37. The molecule has 0 amide bonds. The van der Waals surface area contributed by atoms with Gasteiger partial charge in [-0.1, -0.05) is 103 Å². The van der Waals surface area contributed by atoms with E-state index in [1.807, 2.05) is 21.1 Å². The number of carboxylic acids is 1. The van der Waals surface area contributed by atoms with Gasteiger partial charge in [0.15, 0.2) is 11.9 Å². The van der Waals surface area contributed by atoms with Crippen LogP contribution in [0.5, 0.6) is 0 Å². The number of nitrogens with zero attached hydrogens (tertiary/aromatic N) is 1. The predicted octanol–water partition coefficient (Wildman–Crippen LogP) is 7.70. The van der Waals surface area contributed by atoms with Gasteiger partial charge in [0.05, 0.1) is 27.7 Å². The van der Waals surface area contributed by atoms with Crippen molar-refractivity contribution in [3.8, 4) is 0 Å². The first-order valence-corrected chi connectivity index (χ1v) is 19.9. The number of quaternary nitrogens is 1. The van der Waals surface area contributed by atoms with E-state index in [2.05, 4.69) is 6.92 Å². The van der Waals surface area contributed by atoms with Gasteiger partial charge >= 0.3 is 25.7 Å². The van der Waals surface area contributed by atoms with Crippen molar-refractivity contribution < 1.29 is 56.7 Å². The second-order valence-electron chi connectivity index (χ2n) is 13.8. The van der Waals surface area contributed by atoms with Crippen LogP contribution in [0.3, 0.4) is 0 Å². The van der Waals surface area contributed by atoms with Crippen LogP contribution in [0.25, 0.3) is 0 Å². The molecule has 0 heterocycles. The number of ketones is 1. The summed E-state index contributed by atoms with van der Waals surface area (Å²) in [5, 5.41) is 8.57. The summed E-state index contributed by atoms with van der Waals surface area (Å²) >= 11 is 0. The molecule has 49 heavy (non-hydrogen) atoms. The topological polar surface area (TPSA) is 163 Å². The second-order valence-corrected chi connectivity index (χ2v) is 15.3. The first kappa shape index (κ1) is 46.9. The Morgan fingerprint density at radius 2 is 1.12 bits per heavy atom. The van der Waals surface area contributed by atoms with Crippen molar-refractivity contribution >= 4 is 31.5 Å².